The third kappa shape index (κ3) is 6.12. The summed E-state index contributed by atoms with van der Waals surface area (Å²) >= 11 is 0. The average molecular weight is 326 g/mol. The van der Waals surface area contributed by atoms with Crippen LogP contribution in [0.25, 0.3) is 0 Å². The Hall–Kier alpha value is -2.82. The van der Waals surface area contributed by atoms with Crippen molar-refractivity contribution in [1.29, 1.82) is 0 Å². The predicted molar refractivity (Wildman–Crippen MR) is 92.4 cm³/mol. The molecule has 0 bridgehead atoms. The van der Waals surface area contributed by atoms with Gasteiger partial charge in [0.25, 0.3) is 0 Å². The van der Waals surface area contributed by atoms with Gasteiger partial charge in [0.15, 0.2) is 0 Å². The SMILES string of the molecule is C[C@H](NC(=O)OCc1ccccc1)C(=O)NCCc1ccccc1. The van der Waals surface area contributed by atoms with Gasteiger partial charge in [-0.1, -0.05) is 60.7 Å². The molecule has 2 amide bonds. The van der Waals surface area contributed by atoms with Crippen LogP contribution in [0.4, 0.5) is 4.79 Å². The van der Waals surface area contributed by atoms with Gasteiger partial charge in [0, 0.05) is 6.54 Å². The summed E-state index contributed by atoms with van der Waals surface area (Å²) in [4.78, 5) is 23.7. The summed E-state index contributed by atoms with van der Waals surface area (Å²) in [7, 11) is 0. The van der Waals surface area contributed by atoms with Gasteiger partial charge in [0.1, 0.15) is 12.6 Å². The number of rotatable bonds is 7. The second-order valence-corrected chi connectivity index (χ2v) is 5.45. The number of carbonyl (C=O) groups excluding carboxylic acids is 2. The zero-order valence-electron chi connectivity index (χ0n) is 13.7. The van der Waals surface area contributed by atoms with Crippen molar-refractivity contribution in [2.75, 3.05) is 6.54 Å². The summed E-state index contributed by atoms with van der Waals surface area (Å²) in [6, 6.07) is 18.6. The highest BCUT2D eigenvalue weighted by atomic mass is 16.5. The third-order valence-electron chi connectivity index (χ3n) is 3.50. The van der Waals surface area contributed by atoms with Crippen LogP contribution < -0.4 is 10.6 Å². The largest absolute Gasteiger partial charge is 0.445 e. The number of amides is 2. The van der Waals surface area contributed by atoms with Crippen LogP contribution in [-0.2, 0) is 22.6 Å². The molecule has 0 aliphatic carbocycles. The fraction of sp³-hybridized carbons (Fsp3) is 0.263. The minimum absolute atomic E-state index is 0.176. The van der Waals surface area contributed by atoms with Crippen molar-refractivity contribution in [3.05, 3.63) is 71.8 Å². The van der Waals surface area contributed by atoms with Crippen LogP contribution in [0.5, 0.6) is 0 Å². The maximum atomic E-state index is 12.0. The summed E-state index contributed by atoms with van der Waals surface area (Å²) in [5, 5.41) is 5.33. The topological polar surface area (TPSA) is 67.4 Å². The molecule has 2 N–H and O–H groups in total. The lowest BCUT2D eigenvalue weighted by atomic mass is 10.1. The van der Waals surface area contributed by atoms with Crippen molar-refractivity contribution in [2.24, 2.45) is 0 Å². The molecule has 0 aliphatic heterocycles. The third-order valence-corrected chi connectivity index (χ3v) is 3.50. The molecule has 0 saturated heterocycles. The van der Waals surface area contributed by atoms with Crippen LogP contribution in [0.15, 0.2) is 60.7 Å². The van der Waals surface area contributed by atoms with Crippen molar-refractivity contribution in [1.82, 2.24) is 10.6 Å². The van der Waals surface area contributed by atoms with E-state index in [2.05, 4.69) is 10.6 Å². The van der Waals surface area contributed by atoms with E-state index in [1.54, 1.807) is 6.92 Å². The van der Waals surface area contributed by atoms with Crippen LogP contribution in [0.1, 0.15) is 18.1 Å². The minimum Gasteiger partial charge on any atom is -0.445 e. The lowest BCUT2D eigenvalue weighted by molar-refractivity contribution is -0.122. The minimum atomic E-state index is -0.649. The normalized spacial score (nSPS) is 11.4. The zero-order chi connectivity index (χ0) is 17.2. The standard InChI is InChI=1S/C19H22N2O3/c1-15(18(22)20-13-12-16-8-4-2-5-9-16)21-19(23)24-14-17-10-6-3-7-11-17/h2-11,15H,12-14H2,1H3,(H,20,22)(H,21,23)/t15-/m0/s1. The molecule has 126 valence electrons. The van der Waals surface area contributed by atoms with E-state index in [4.69, 9.17) is 4.74 Å². The van der Waals surface area contributed by atoms with E-state index in [1.807, 2.05) is 60.7 Å². The van der Waals surface area contributed by atoms with Crippen molar-refractivity contribution in [3.63, 3.8) is 0 Å². The molecule has 5 heteroatoms. The molecule has 0 heterocycles. The molecular weight excluding hydrogens is 304 g/mol. The van der Waals surface area contributed by atoms with Crippen molar-refractivity contribution in [3.8, 4) is 0 Å². The average Bonchev–Trinajstić information content (AvgIpc) is 2.61. The molecule has 2 aromatic rings. The van der Waals surface area contributed by atoms with Gasteiger partial charge < -0.3 is 15.4 Å². The van der Waals surface area contributed by atoms with E-state index in [0.717, 1.165) is 17.5 Å². The van der Waals surface area contributed by atoms with Gasteiger partial charge in [-0.2, -0.15) is 0 Å². The first kappa shape index (κ1) is 17.5. The van der Waals surface area contributed by atoms with Gasteiger partial charge in [0.05, 0.1) is 0 Å². The Morgan fingerprint density at radius 3 is 2.17 bits per heavy atom. The van der Waals surface area contributed by atoms with Gasteiger partial charge in [-0.05, 0) is 24.5 Å². The molecule has 0 aromatic heterocycles. The number of alkyl carbamates (subject to hydrolysis) is 1. The zero-order valence-corrected chi connectivity index (χ0v) is 13.7. The van der Waals surface area contributed by atoms with Gasteiger partial charge in [-0.15, -0.1) is 0 Å². The first-order valence-electron chi connectivity index (χ1n) is 7.94. The number of hydrogen-bond acceptors (Lipinski definition) is 3. The second kappa shape index (κ2) is 9.35. The highest BCUT2D eigenvalue weighted by molar-refractivity contribution is 5.85. The number of benzene rings is 2. The number of ether oxygens (including phenoxy) is 1. The van der Waals surface area contributed by atoms with Crippen molar-refractivity contribution >= 4 is 12.0 Å². The van der Waals surface area contributed by atoms with E-state index in [0.29, 0.717) is 6.54 Å². The molecule has 0 spiro atoms. The van der Waals surface area contributed by atoms with Crippen LogP contribution in [-0.4, -0.2) is 24.6 Å². The molecule has 0 aliphatic rings. The molecule has 2 rings (SSSR count). The molecule has 0 unspecified atom stereocenters. The van der Waals surface area contributed by atoms with Crippen LogP contribution in [0.2, 0.25) is 0 Å². The van der Waals surface area contributed by atoms with E-state index in [1.165, 1.54) is 0 Å². The Morgan fingerprint density at radius 1 is 0.958 bits per heavy atom. The van der Waals surface area contributed by atoms with E-state index in [9.17, 15) is 9.59 Å². The highest BCUT2D eigenvalue weighted by Crippen LogP contribution is 2.01. The summed E-state index contributed by atoms with van der Waals surface area (Å²) in [6.07, 6.45) is 0.141. The molecular formula is C19H22N2O3. The molecule has 5 nitrogen and oxygen atoms in total. The summed E-state index contributed by atoms with van der Waals surface area (Å²) in [5.74, 6) is -0.234. The van der Waals surface area contributed by atoms with Crippen LogP contribution >= 0.6 is 0 Å². The predicted octanol–water partition coefficient (Wildman–Crippen LogP) is 2.66. The fourth-order valence-electron chi connectivity index (χ4n) is 2.13. The number of nitrogens with one attached hydrogen (secondary N) is 2. The van der Waals surface area contributed by atoms with Gasteiger partial charge >= 0.3 is 6.09 Å². The fourth-order valence-corrected chi connectivity index (χ4v) is 2.13. The molecule has 2 aromatic carbocycles. The quantitative estimate of drug-likeness (QED) is 0.822. The van der Waals surface area contributed by atoms with Crippen molar-refractivity contribution in [2.45, 2.75) is 26.0 Å². The Kier molecular flexibility index (Phi) is 6.83. The molecule has 0 fully saturated rings. The Balaban J connectivity index is 1.66. The highest BCUT2D eigenvalue weighted by Gasteiger charge is 2.15. The number of hydrogen-bond donors (Lipinski definition) is 2. The lowest BCUT2D eigenvalue weighted by Crippen LogP contribution is -2.45. The maximum absolute atomic E-state index is 12.0. The Bertz CT molecular complexity index is 644. The summed E-state index contributed by atoms with van der Waals surface area (Å²) in [5.41, 5.74) is 2.05. The summed E-state index contributed by atoms with van der Waals surface area (Å²) in [6.45, 7) is 2.32. The first-order chi connectivity index (χ1) is 11.6. The number of carbonyl (C=O) groups is 2. The lowest BCUT2D eigenvalue weighted by Gasteiger charge is -2.14. The van der Waals surface area contributed by atoms with E-state index < -0.39 is 12.1 Å². The van der Waals surface area contributed by atoms with Gasteiger partial charge in [0.2, 0.25) is 5.91 Å². The van der Waals surface area contributed by atoms with Crippen LogP contribution in [0, 0.1) is 0 Å². The molecule has 1 atom stereocenters. The van der Waals surface area contributed by atoms with Crippen molar-refractivity contribution < 1.29 is 14.3 Å². The van der Waals surface area contributed by atoms with Gasteiger partial charge in [-0.25, -0.2) is 4.79 Å². The van der Waals surface area contributed by atoms with E-state index >= 15 is 0 Å². The molecule has 0 radical (unpaired) electrons. The Morgan fingerprint density at radius 2 is 1.54 bits per heavy atom. The smallest absolute Gasteiger partial charge is 0.408 e. The van der Waals surface area contributed by atoms with E-state index in [-0.39, 0.29) is 12.5 Å². The van der Waals surface area contributed by atoms with Crippen LogP contribution in [0.3, 0.4) is 0 Å². The van der Waals surface area contributed by atoms with Gasteiger partial charge in [-0.3, -0.25) is 4.79 Å². The first-order valence-corrected chi connectivity index (χ1v) is 7.94. The second-order valence-electron chi connectivity index (χ2n) is 5.45. The maximum Gasteiger partial charge on any atom is 0.408 e. The molecule has 0 saturated carbocycles. The Labute approximate surface area is 142 Å². The monoisotopic (exact) mass is 326 g/mol. The molecule has 24 heavy (non-hydrogen) atoms. The summed E-state index contributed by atoms with van der Waals surface area (Å²) < 4.78 is 5.09.